The lowest BCUT2D eigenvalue weighted by molar-refractivity contribution is -0.142. The minimum Gasteiger partial charge on any atom is -0.342 e. The first-order valence-corrected chi connectivity index (χ1v) is 11.0. The average Bonchev–Trinajstić information content (AvgIpc) is 3.48. The second-order valence-corrected chi connectivity index (χ2v) is 8.80. The molecule has 170 valence electrons. The van der Waals surface area contributed by atoms with E-state index in [0.717, 1.165) is 6.07 Å². The van der Waals surface area contributed by atoms with Gasteiger partial charge in [-0.1, -0.05) is 0 Å². The Labute approximate surface area is 187 Å². The largest absolute Gasteiger partial charge is 0.342 e. The zero-order valence-electron chi connectivity index (χ0n) is 17.7. The number of hydrogen-bond donors (Lipinski definition) is 0. The van der Waals surface area contributed by atoms with E-state index >= 15 is 0 Å². The summed E-state index contributed by atoms with van der Waals surface area (Å²) >= 11 is 0. The van der Waals surface area contributed by atoms with Crippen LogP contribution >= 0.6 is 0 Å². The fourth-order valence-electron chi connectivity index (χ4n) is 5.35. The number of nitrogens with zero attached hydrogens (tertiary/aromatic N) is 5. The number of ether oxygens (including phenoxy) is 1. The third-order valence-corrected chi connectivity index (χ3v) is 6.94. The van der Waals surface area contributed by atoms with Crippen molar-refractivity contribution in [3.05, 3.63) is 65.6 Å². The number of likely N-dealkylation sites (tertiary alicyclic amines) is 1. The molecule has 1 spiro atoms. The molecular weight excluding hydrogens is 432 g/mol. The van der Waals surface area contributed by atoms with Gasteiger partial charge in [-0.15, -0.1) is 0 Å². The van der Waals surface area contributed by atoms with Crippen LogP contribution in [0.3, 0.4) is 0 Å². The Kier molecular flexibility index (Phi) is 4.48. The highest BCUT2D eigenvalue weighted by atomic mass is 19.1. The Morgan fingerprint density at radius 1 is 1.12 bits per heavy atom. The van der Waals surface area contributed by atoms with Gasteiger partial charge in [0.25, 0.3) is 11.8 Å². The third-order valence-electron chi connectivity index (χ3n) is 6.94. The molecule has 6 rings (SSSR count). The number of aromatic nitrogens is 3. The second-order valence-electron chi connectivity index (χ2n) is 8.80. The molecule has 0 unspecified atom stereocenters. The number of carbonyl (C=O) groups excluding carboxylic acids is 2. The van der Waals surface area contributed by atoms with Crippen molar-refractivity contribution in [2.75, 3.05) is 13.1 Å². The number of imidazole rings is 1. The molecule has 0 saturated carbocycles. The van der Waals surface area contributed by atoms with E-state index in [9.17, 15) is 18.4 Å². The molecule has 2 atom stereocenters. The standard InChI is InChI=1S/C23H21F2N5O3/c24-15-10-14(11-16(25)12-15)17-3-4-20-29(17)22(32)23(33-20)5-8-28(9-6-23)21(31)18-13-26-19-2-1-7-27-30(18)19/h1-2,7,10-13,17,20H,3-6,8-9H2/t17-,20+/m0/s1. The summed E-state index contributed by atoms with van der Waals surface area (Å²) in [6, 6.07) is 6.48. The van der Waals surface area contributed by atoms with Crippen LogP contribution < -0.4 is 0 Å². The maximum atomic E-state index is 13.8. The predicted octanol–water partition coefficient (Wildman–Crippen LogP) is 2.70. The summed E-state index contributed by atoms with van der Waals surface area (Å²) in [5, 5.41) is 4.20. The molecule has 0 N–H and O–H groups in total. The van der Waals surface area contributed by atoms with E-state index in [-0.39, 0.29) is 11.8 Å². The van der Waals surface area contributed by atoms with Gasteiger partial charge in [0, 0.05) is 38.2 Å². The number of fused-ring (bicyclic) bond motifs is 2. The highest BCUT2D eigenvalue weighted by molar-refractivity contribution is 5.94. The molecule has 3 aromatic rings. The van der Waals surface area contributed by atoms with Gasteiger partial charge in [0.15, 0.2) is 16.9 Å². The molecule has 8 nitrogen and oxygen atoms in total. The van der Waals surface area contributed by atoms with Gasteiger partial charge >= 0.3 is 0 Å². The van der Waals surface area contributed by atoms with Crippen LogP contribution in [0.4, 0.5) is 8.78 Å². The Balaban J connectivity index is 1.20. The third kappa shape index (κ3) is 3.12. The van der Waals surface area contributed by atoms with Crippen molar-refractivity contribution in [1.82, 2.24) is 24.4 Å². The van der Waals surface area contributed by atoms with Gasteiger partial charge in [-0.3, -0.25) is 9.59 Å². The zero-order chi connectivity index (χ0) is 22.7. The van der Waals surface area contributed by atoms with E-state index in [4.69, 9.17) is 4.74 Å². The van der Waals surface area contributed by atoms with Crippen molar-refractivity contribution in [1.29, 1.82) is 0 Å². The monoisotopic (exact) mass is 453 g/mol. The maximum Gasteiger partial charge on any atom is 0.274 e. The van der Waals surface area contributed by atoms with E-state index < -0.39 is 29.5 Å². The van der Waals surface area contributed by atoms with Crippen LogP contribution in [0.15, 0.2) is 42.7 Å². The molecule has 33 heavy (non-hydrogen) atoms. The lowest BCUT2D eigenvalue weighted by Crippen LogP contribution is -2.51. The Morgan fingerprint density at radius 3 is 2.64 bits per heavy atom. The highest BCUT2D eigenvalue weighted by Gasteiger charge is 2.58. The Hall–Kier alpha value is -3.40. The predicted molar refractivity (Wildman–Crippen MR) is 111 cm³/mol. The SMILES string of the molecule is O=C(c1cnc2cccnn12)N1CCC2(CC1)O[C@@H]1CC[C@@H](c3cc(F)cc(F)c3)N1C2=O. The summed E-state index contributed by atoms with van der Waals surface area (Å²) in [4.78, 5) is 34.1. The van der Waals surface area contributed by atoms with Crippen molar-refractivity contribution < 1.29 is 23.1 Å². The number of hydrogen-bond acceptors (Lipinski definition) is 5. The molecule has 5 heterocycles. The Morgan fingerprint density at radius 2 is 1.88 bits per heavy atom. The number of rotatable bonds is 2. The molecular formula is C23H21F2N5O3. The topological polar surface area (TPSA) is 80.0 Å². The second kappa shape index (κ2) is 7.31. The first-order chi connectivity index (χ1) is 15.9. The molecule has 0 aliphatic carbocycles. The van der Waals surface area contributed by atoms with E-state index in [2.05, 4.69) is 10.1 Å². The normalized spacial score (nSPS) is 24.1. The number of carbonyl (C=O) groups is 2. The van der Waals surface area contributed by atoms with E-state index in [0.29, 0.717) is 55.7 Å². The molecule has 3 fully saturated rings. The van der Waals surface area contributed by atoms with Crippen LogP contribution in [0.2, 0.25) is 0 Å². The van der Waals surface area contributed by atoms with Crippen LogP contribution in [0.1, 0.15) is 47.8 Å². The van der Waals surface area contributed by atoms with Gasteiger partial charge in [-0.2, -0.15) is 5.10 Å². The maximum absolute atomic E-state index is 13.8. The van der Waals surface area contributed by atoms with Gasteiger partial charge in [-0.25, -0.2) is 18.3 Å². The van der Waals surface area contributed by atoms with Crippen molar-refractivity contribution in [3.63, 3.8) is 0 Å². The van der Waals surface area contributed by atoms with E-state index in [1.807, 2.05) is 0 Å². The number of halogens is 2. The molecule has 0 bridgehead atoms. The van der Waals surface area contributed by atoms with Crippen LogP contribution in [-0.4, -0.2) is 61.1 Å². The van der Waals surface area contributed by atoms with Crippen LogP contribution in [0.25, 0.3) is 5.65 Å². The molecule has 1 aromatic carbocycles. The molecule has 2 aromatic heterocycles. The van der Waals surface area contributed by atoms with Crippen LogP contribution in [-0.2, 0) is 9.53 Å². The number of amides is 2. The summed E-state index contributed by atoms with van der Waals surface area (Å²) in [6.07, 6.45) is 4.59. The first-order valence-electron chi connectivity index (χ1n) is 11.0. The zero-order valence-corrected chi connectivity index (χ0v) is 17.7. The summed E-state index contributed by atoms with van der Waals surface area (Å²) in [5.41, 5.74) is 0.388. The average molecular weight is 453 g/mol. The van der Waals surface area contributed by atoms with Gasteiger partial charge in [0.1, 0.15) is 17.9 Å². The number of piperidine rings is 1. The molecule has 3 saturated heterocycles. The van der Waals surface area contributed by atoms with Gasteiger partial charge in [0.2, 0.25) is 0 Å². The van der Waals surface area contributed by atoms with Crippen LogP contribution in [0.5, 0.6) is 0 Å². The summed E-state index contributed by atoms with van der Waals surface area (Å²) in [5.74, 6) is -1.69. The quantitative estimate of drug-likeness (QED) is 0.596. The van der Waals surface area contributed by atoms with Gasteiger partial charge in [-0.05, 0) is 42.7 Å². The summed E-state index contributed by atoms with van der Waals surface area (Å²) < 4.78 is 35.3. The van der Waals surface area contributed by atoms with E-state index in [1.54, 1.807) is 28.1 Å². The fourth-order valence-corrected chi connectivity index (χ4v) is 5.35. The summed E-state index contributed by atoms with van der Waals surface area (Å²) in [7, 11) is 0. The van der Waals surface area contributed by atoms with Crippen molar-refractivity contribution in [2.24, 2.45) is 0 Å². The van der Waals surface area contributed by atoms with Crippen molar-refractivity contribution in [2.45, 2.75) is 43.6 Å². The fraction of sp³-hybridized carbons (Fsp3) is 0.391. The Bertz CT molecular complexity index is 1250. The summed E-state index contributed by atoms with van der Waals surface area (Å²) in [6.45, 7) is 0.703. The molecule has 0 radical (unpaired) electrons. The van der Waals surface area contributed by atoms with Gasteiger partial charge in [0.05, 0.1) is 12.2 Å². The molecule has 10 heteroatoms. The lowest BCUT2D eigenvalue weighted by Gasteiger charge is -2.37. The van der Waals surface area contributed by atoms with Crippen LogP contribution in [0, 0.1) is 11.6 Å². The van der Waals surface area contributed by atoms with Crippen molar-refractivity contribution >= 4 is 17.5 Å². The first kappa shape index (κ1) is 20.2. The molecule has 3 aliphatic rings. The van der Waals surface area contributed by atoms with Crippen molar-refractivity contribution in [3.8, 4) is 0 Å². The smallest absolute Gasteiger partial charge is 0.274 e. The molecule has 3 aliphatic heterocycles. The highest BCUT2D eigenvalue weighted by Crippen LogP contribution is 2.47. The minimum atomic E-state index is -1.01. The lowest BCUT2D eigenvalue weighted by atomic mass is 9.89. The number of benzene rings is 1. The molecule has 2 amide bonds. The van der Waals surface area contributed by atoms with E-state index in [1.165, 1.54) is 22.8 Å². The van der Waals surface area contributed by atoms with Gasteiger partial charge < -0.3 is 14.5 Å². The minimum absolute atomic E-state index is 0.164.